The predicted octanol–water partition coefficient (Wildman–Crippen LogP) is 0.498. The van der Waals surface area contributed by atoms with Gasteiger partial charge in [-0.1, -0.05) is 0 Å². The number of pyridine rings is 1. The van der Waals surface area contributed by atoms with Gasteiger partial charge in [0.2, 0.25) is 10.0 Å². The van der Waals surface area contributed by atoms with Crippen LogP contribution in [0.5, 0.6) is 0 Å². The third-order valence-electron chi connectivity index (χ3n) is 2.83. The van der Waals surface area contributed by atoms with Gasteiger partial charge in [-0.25, -0.2) is 13.2 Å². The second-order valence-electron chi connectivity index (χ2n) is 4.36. The lowest BCUT2D eigenvalue weighted by molar-refractivity contribution is 0.0698. The van der Waals surface area contributed by atoms with Crippen LogP contribution in [0.15, 0.2) is 30.7 Å². The fraction of sp³-hybridized carbons (Fsp3) is 0.250. The molecule has 2 N–H and O–H groups in total. The van der Waals surface area contributed by atoms with Gasteiger partial charge in [0.25, 0.3) is 0 Å². The lowest BCUT2D eigenvalue weighted by atomic mass is 10.2. The van der Waals surface area contributed by atoms with Gasteiger partial charge in [-0.2, -0.15) is 5.10 Å². The molecule has 2 aromatic heterocycles. The first-order valence-electron chi connectivity index (χ1n) is 6.04. The van der Waals surface area contributed by atoms with Crippen LogP contribution in [0, 0.1) is 0 Å². The summed E-state index contributed by atoms with van der Waals surface area (Å²) in [7, 11) is -2.21. The molecule has 0 spiro atoms. The normalized spacial score (nSPS) is 11.3. The molecule has 0 aliphatic heterocycles. The molecule has 2 aromatic rings. The molecule has 21 heavy (non-hydrogen) atoms. The first-order valence-corrected chi connectivity index (χ1v) is 7.69. The predicted molar refractivity (Wildman–Crippen MR) is 75.5 cm³/mol. The summed E-state index contributed by atoms with van der Waals surface area (Å²) in [4.78, 5) is 14.9. The fourth-order valence-corrected chi connectivity index (χ4v) is 2.86. The number of aryl methyl sites for hydroxylation is 2. The lowest BCUT2D eigenvalue weighted by Gasteiger charge is -2.09. The Kier molecular flexibility index (Phi) is 4.22. The number of sulfonamides is 1. The SMILES string of the molecule is Cn1ncc(C(=O)O)c1NS(=O)(=O)CCc1ccncc1. The van der Waals surface area contributed by atoms with Gasteiger partial charge in [0.15, 0.2) is 5.82 Å². The summed E-state index contributed by atoms with van der Waals surface area (Å²) in [6.07, 6.45) is 4.57. The molecule has 0 amide bonds. The van der Waals surface area contributed by atoms with Crippen molar-refractivity contribution in [3.63, 3.8) is 0 Å². The number of carboxylic acids is 1. The monoisotopic (exact) mass is 310 g/mol. The van der Waals surface area contributed by atoms with Crippen LogP contribution < -0.4 is 4.72 Å². The van der Waals surface area contributed by atoms with Gasteiger partial charge >= 0.3 is 5.97 Å². The molecule has 0 saturated carbocycles. The quantitative estimate of drug-likeness (QED) is 0.803. The van der Waals surface area contributed by atoms with E-state index in [0.29, 0.717) is 6.42 Å². The molecular weight excluding hydrogens is 296 g/mol. The number of carboxylic acid groups (broad SMARTS) is 1. The molecular formula is C12H14N4O4S. The number of carbonyl (C=O) groups is 1. The van der Waals surface area contributed by atoms with Gasteiger partial charge in [0.1, 0.15) is 5.56 Å². The average molecular weight is 310 g/mol. The van der Waals surface area contributed by atoms with Gasteiger partial charge in [-0.15, -0.1) is 0 Å². The van der Waals surface area contributed by atoms with Crippen LogP contribution in [0.3, 0.4) is 0 Å². The smallest absolute Gasteiger partial charge is 0.341 e. The second kappa shape index (κ2) is 5.92. The number of nitrogens with one attached hydrogen (secondary N) is 1. The van der Waals surface area contributed by atoms with Crippen LogP contribution in [0.1, 0.15) is 15.9 Å². The molecule has 0 aliphatic rings. The molecule has 0 unspecified atom stereocenters. The van der Waals surface area contributed by atoms with E-state index in [1.54, 1.807) is 24.5 Å². The summed E-state index contributed by atoms with van der Waals surface area (Å²) >= 11 is 0. The minimum atomic E-state index is -3.68. The van der Waals surface area contributed by atoms with Crippen LogP contribution in [-0.2, 0) is 23.5 Å². The number of hydrogen-bond acceptors (Lipinski definition) is 5. The van der Waals surface area contributed by atoms with E-state index in [1.807, 2.05) is 0 Å². The highest BCUT2D eigenvalue weighted by Gasteiger charge is 2.20. The molecule has 2 heterocycles. The standard InChI is InChI=1S/C12H14N4O4S/c1-16-11(10(8-14-16)12(17)18)15-21(19,20)7-4-9-2-5-13-6-3-9/h2-3,5-6,8,15H,4,7H2,1H3,(H,17,18). The Bertz CT molecular complexity index is 740. The second-order valence-corrected chi connectivity index (χ2v) is 6.20. The molecule has 9 heteroatoms. The summed E-state index contributed by atoms with van der Waals surface area (Å²) < 4.78 is 27.5. The number of anilines is 1. The molecule has 2 rings (SSSR count). The highest BCUT2D eigenvalue weighted by atomic mass is 32.2. The van der Waals surface area contributed by atoms with Crippen LogP contribution in [-0.4, -0.2) is 40.0 Å². The van der Waals surface area contributed by atoms with E-state index in [-0.39, 0.29) is 17.1 Å². The molecule has 0 aliphatic carbocycles. The van der Waals surface area contributed by atoms with Crippen molar-refractivity contribution < 1.29 is 18.3 Å². The Labute approximate surface area is 121 Å². The van der Waals surface area contributed by atoms with Crippen molar-refractivity contribution >= 4 is 21.8 Å². The van der Waals surface area contributed by atoms with Crippen molar-refractivity contribution in [1.29, 1.82) is 0 Å². The zero-order valence-electron chi connectivity index (χ0n) is 11.2. The van der Waals surface area contributed by atoms with Crippen molar-refractivity contribution in [2.24, 2.45) is 7.05 Å². The van der Waals surface area contributed by atoms with Gasteiger partial charge in [-0.3, -0.25) is 14.4 Å². The largest absolute Gasteiger partial charge is 0.477 e. The fourth-order valence-electron chi connectivity index (χ4n) is 1.72. The Balaban J connectivity index is 2.11. The van der Waals surface area contributed by atoms with Crippen molar-refractivity contribution in [2.75, 3.05) is 10.5 Å². The van der Waals surface area contributed by atoms with E-state index in [4.69, 9.17) is 5.11 Å². The summed E-state index contributed by atoms with van der Waals surface area (Å²) in [6, 6.07) is 3.45. The molecule has 0 atom stereocenters. The van der Waals surface area contributed by atoms with Gasteiger partial charge in [0.05, 0.1) is 11.9 Å². The minimum absolute atomic E-state index is 0.0581. The zero-order chi connectivity index (χ0) is 15.5. The third-order valence-corrected chi connectivity index (χ3v) is 4.08. The van der Waals surface area contributed by atoms with Crippen LogP contribution >= 0.6 is 0 Å². The maximum absolute atomic E-state index is 12.0. The highest BCUT2D eigenvalue weighted by Crippen LogP contribution is 2.16. The molecule has 0 radical (unpaired) electrons. The van der Waals surface area contributed by atoms with Crippen molar-refractivity contribution in [3.05, 3.63) is 41.9 Å². The van der Waals surface area contributed by atoms with E-state index in [9.17, 15) is 13.2 Å². The van der Waals surface area contributed by atoms with Crippen LogP contribution in [0.4, 0.5) is 5.82 Å². The van der Waals surface area contributed by atoms with E-state index in [2.05, 4.69) is 14.8 Å². The van der Waals surface area contributed by atoms with E-state index >= 15 is 0 Å². The summed E-state index contributed by atoms with van der Waals surface area (Å²) in [5, 5.41) is 12.7. The van der Waals surface area contributed by atoms with Crippen LogP contribution in [0.2, 0.25) is 0 Å². The number of nitrogens with zero attached hydrogens (tertiary/aromatic N) is 3. The minimum Gasteiger partial charge on any atom is -0.477 e. The number of aromatic carboxylic acids is 1. The molecule has 8 nitrogen and oxygen atoms in total. The summed E-state index contributed by atoms with van der Waals surface area (Å²) in [6.45, 7) is 0. The Morgan fingerprint density at radius 2 is 2.05 bits per heavy atom. The van der Waals surface area contributed by atoms with Gasteiger partial charge in [0, 0.05) is 19.4 Å². The zero-order valence-corrected chi connectivity index (χ0v) is 12.0. The van der Waals surface area contributed by atoms with Crippen molar-refractivity contribution in [1.82, 2.24) is 14.8 Å². The van der Waals surface area contributed by atoms with Gasteiger partial charge < -0.3 is 5.11 Å². The number of aromatic nitrogens is 3. The summed E-state index contributed by atoms with van der Waals surface area (Å²) in [5.74, 6) is -1.46. The van der Waals surface area contributed by atoms with E-state index < -0.39 is 16.0 Å². The molecule has 0 bridgehead atoms. The Hall–Kier alpha value is -2.42. The van der Waals surface area contributed by atoms with E-state index in [0.717, 1.165) is 11.8 Å². The average Bonchev–Trinajstić information content (AvgIpc) is 2.79. The molecule has 0 fully saturated rings. The number of hydrogen-bond donors (Lipinski definition) is 2. The number of rotatable bonds is 6. The Morgan fingerprint density at radius 3 is 2.67 bits per heavy atom. The third kappa shape index (κ3) is 3.78. The van der Waals surface area contributed by atoms with E-state index in [1.165, 1.54) is 11.7 Å². The lowest BCUT2D eigenvalue weighted by Crippen LogP contribution is -2.21. The molecule has 112 valence electrons. The topological polar surface area (TPSA) is 114 Å². The maximum atomic E-state index is 12.0. The first kappa shape index (κ1) is 15.0. The first-order chi connectivity index (χ1) is 9.89. The van der Waals surface area contributed by atoms with Gasteiger partial charge in [-0.05, 0) is 24.1 Å². The molecule has 0 saturated heterocycles. The Morgan fingerprint density at radius 1 is 1.38 bits per heavy atom. The van der Waals surface area contributed by atoms with Crippen LogP contribution in [0.25, 0.3) is 0 Å². The maximum Gasteiger partial charge on any atom is 0.341 e. The highest BCUT2D eigenvalue weighted by molar-refractivity contribution is 7.92. The molecule has 0 aromatic carbocycles. The van der Waals surface area contributed by atoms with Crippen molar-refractivity contribution in [2.45, 2.75) is 6.42 Å². The van der Waals surface area contributed by atoms with Crippen molar-refractivity contribution in [3.8, 4) is 0 Å². The summed E-state index contributed by atoms with van der Waals surface area (Å²) in [5.41, 5.74) is 0.642.